The lowest BCUT2D eigenvalue weighted by atomic mass is 10.1. The maximum Gasteiger partial charge on any atom is 0.227 e. The van der Waals surface area contributed by atoms with Crippen LogP contribution in [0.1, 0.15) is 5.56 Å². The van der Waals surface area contributed by atoms with Gasteiger partial charge in [0.2, 0.25) is 5.91 Å². The molecule has 5 nitrogen and oxygen atoms in total. The molecule has 0 aliphatic carbocycles. The molecule has 1 saturated heterocycles. The molecule has 3 aromatic rings. The van der Waals surface area contributed by atoms with Crippen LogP contribution in [0.3, 0.4) is 0 Å². The molecule has 2 aromatic heterocycles. The second-order valence-electron chi connectivity index (χ2n) is 6.28. The van der Waals surface area contributed by atoms with Crippen LogP contribution in [0.25, 0.3) is 10.6 Å². The lowest BCUT2D eigenvalue weighted by Gasteiger charge is -2.35. The van der Waals surface area contributed by atoms with Crippen LogP contribution in [0.15, 0.2) is 60.0 Å². The normalized spacial score (nSPS) is 14.5. The van der Waals surface area contributed by atoms with E-state index in [0.717, 1.165) is 48.1 Å². The number of hydrogen-bond acceptors (Lipinski definition) is 5. The van der Waals surface area contributed by atoms with Gasteiger partial charge >= 0.3 is 0 Å². The van der Waals surface area contributed by atoms with Crippen LogP contribution in [0.4, 0.5) is 5.82 Å². The monoisotopic (exact) mass is 364 g/mol. The average molecular weight is 364 g/mol. The summed E-state index contributed by atoms with van der Waals surface area (Å²) in [5.41, 5.74) is 1.97. The number of benzene rings is 1. The van der Waals surface area contributed by atoms with Crippen molar-refractivity contribution in [2.24, 2.45) is 0 Å². The minimum Gasteiger partial charge on any atom is -0.352 e. The molecule has 132 valence electrons. The first-order chi connectivity index (χ1) is 12.8. The minimum absolute atomic E-state index is 0.190. The van der Waals surface area contributed by atoms with Gasteiger partial charge in [-0.15, -0.1) is 21.5 Å². The Morgan fingerprint density at radius 3 is 2.38 bits per heavy atom. The quantitative estimate of drug-likeness (QED) is 0.714. The lowest BCUT2D eigenvalue weighted by molar-refractivity contribution is -0.130. The van der Waals surface area contributed by atoms with Crippen LogP contribution in [0.2, 0.25) is 0 Å². The Morgan fingerprint density at radius 1 is 0.923 bits per heavy atom. The van der Waals surface area contributed by atoms with Crippen molar-refractivity contribution in [2.75, 3.05) is 31.1 Å². The van der Waals surface area contributed by atoms with Crippen LogP contribution < -0.4 is 4.90 Å². The van der Waals surface area contributed by atoms with Gasteiger partial charge in [0.1, 0.15) is 5.69 Å². The van der Waals surface area contributed by atoms with Gasteiger partial charge < -0.3 is 9.80 Å². The summed E-state index contributed by atoms with van der Waals surface area (Å²) in [6, 6.07) is 18.0. The van der Waals surface area contributed by atoms with Crippen LogP contribution in [-0.4, -0.2) is 47.2 Å². The maximum atomic E-state index is 12.5. The van der Waals surface area contributed by atoms with E-state index in [9.17, 15) is 4.79 Å². The Hall–Kier alpha value is -2.73. The van der Waals surface area contributed by atoms with Crippen LogP contribution in [-0.2, 0) is 11.2 Å². The highest BCUT2D eigenvalue weighted by Gasteiger charge is 2.22. The molecule has 1 fully saturated rings. The first kappa shape index (κ1) is 16.7. The standard InChI is InChI=1S/C20H20N4OS/c25-20(15-16-5-2-1-3-6-16)24-12-10-23(11-13-24)19-9-8-17(21-22-19)18-7-4-14-26-18/h1-9,14H,10-13,15H2. The maximum absolute atomic E-state index is 12.5. The van der Waals surface area contributed by atoms with E-state index in [1.807, 2.05) is 64.9 Å². The van der Waals surface area contributed by atoms with E-state index in [0.29, 0.717) is 6.42 Å². The van der Waals surface area contributed by atoms with Gasteiger partial charge in [0.25, 0.3) is 0 Å². The van der Waals surface area contributed by atoms with Gasteiger partial charge in [0.05, 0.1) is 11.3 Å². The molecule has 1 aliphatic rings. The molecule has 4 rings (SSSR count). The fraction of sp³-hybridized carbons (Fsp3) is 0.250. The molecule has 3 heterocycles. The van der Waals surface area contributed by atoms with E-state index in [2.05, 4.69) is 15.1 Å². The first-order valence-electron chi connectivity index (χ1n) is 8.74. The molecule has 0 atom stereocenters. The van der Waals surface area contributed by atoms with Crippen molar-refractivity contribution in [2.45, 2.75) is 6.42 Å². The highest BCUT2D eigenvalue weighted by molar-refractivity contribution is 7.13. The second-order valence-corrected chi connectivity index (χ2v) is 7.23. The molecule has 1 aliphatic heterocycles. The number of aromatic nitrogens is 2. The molecule has 0 unspecified atom stereocenters. The first-order valence-corrected chi connectivity index (χ1v) is 9.62. The van der Waals surface area contributed by atoms with Gasteiger partial charge in [-0.05, 0) is 29.1 Å². The zero-order valence-electron chi connectivity index (χ0n) is 14.4. The Kier molecular flexibility index (Phi) is 4.93. The minimum atomic E-state index is 0.190. The van der Waals surface area contributed by atoms with Crippen molar-refractivity contribution in [1.82, 2.24) is 15.1 Å². The summed E-state index contributed by atoms with van der Waals surface area (Å²) in [6.07, 6.45) is 0.468. The number of anilines is 1. The van der Waals surface area contributed by atoms with E-state index in [1.54, 1.807) is 11.3 Å². The third-order valence-corrected chi connectivity index (χ3v) is 5.47. The SMILES string of the molecule is O=C(Cc1ccccc1)N1CCN(c2ccc(-c3cccs3)nn2)CC1. The zero-order chi connectivity index (χ0) is 17.8. The zero-order valence-corrected chi connectivity index (χ0v) is 15.2. The fourth-order valence-electron chi connectivity index (χ4n) is 3.12. The van der Waals surface area contributed by atoms with Gasteiger partial charge in [0, 0.05) is 26.2 Å². The predicted octanol–water partition coefficient (Wildman–Crippen LogP) is 3.10. The molecule has 26 heavy (non-hydrogen) atoms. The van der Waals surface area contributed by atoms with Crippen molar-refractivity contribution in [3.8, 4) is 10.6 Å². The Balaban J connectivity index is 1.34. The molecule has 0 saturated carbocycles. The molecule has 0 bridgehead atoms. The smallest absolute Gasteiger partial charge is 0.227 e. The molecule has 6 heteroatoms. The summed E-state index contributed by atoms with van der Waals surface area (Å²) in [5, 5.41) is 10.8. The third-order valence-electron chi connectivity index (χ3n) is 4.58. The predicted molar refractivity (Wildman–Crippen MR) is 104 cm³/mol. The largest absolute Gasteiger partial charge is 0.352 e. The molecular formula is C20H20N4OS. The molecule has 0 spiro atoms. The Morgan fingerprint density at radius 2 is 1.73 bits per heavy atom. The topological polar surface area (TPSA) is 49.3 Å². The summed E-state index contributed by atoms with van der Waals surface area (Å²) in [5.74, 6) is 1.07. The van der Waals surface area contributed by atoms with Crippen molar-refractivity contribution in [3.63, 3.8) is 0 Å². The lowest BCUT2D eigenvalue weighted by Crippen LogP contribution is -2.49. The van der Waals surface area contributed by atoms with Crippen molar-refractivity contribution < 1.29 is 4.79 Å². The van der Waals surface area contributed by atoms with Crippen molar-refractivity contribution >= 4 is 23.1 Å². The summed E-state index contributed by atoms with van der Waals surface area (Å²) in [7, 11) is 0. The average Bonchev–Trinajstić information content (AvgIpc) is 3.24. The summed E-state index contributed by atoms with van der Waals surface area (Å²) >= 11 is 1.66. The highest BCUT2D eigenvalue weighted by atomic mass is 32.1. The van der Waals surface area contributed by atoms with E-state index in [-0.39, 0.29) is 5.91 Å². The summed E-state index contributed by atoms with van der Waals surface area (Å²) in [4.78, 5) is 17.7. The molecule has 1 amide bonds. The van der Waals surface area contributed by atoms with E-state index in [4.69, 9.17) is 0 Å². The fourth-order valence-corrected chi connectivity index (χ4v) is 3.81. The van der Waals surface area contributed by atoms with Gasteiger partial charge in [0.15, 0.2) is 5.82 Å². The highest BCUT2D eigenvalue weighted by Crippen LogP contribution is 2.23. The molecule has 1 aromatic carbocycles. The van der Waals surface area contributed by atoms with Gasteiger partial charge in [-0.2, -0.15) is 0 Å². The van der Waals surface area contributed by atoms with Crippen molar-refractivity contribution in [1.29, 1.82) is 0 Å². The number of nitrogens with zero attached hydrogens (tertiary/aromatic N) is 4. The number of rotatable bonds is 4. The third kappa shape index (κ3) is 3.75. The summed E-state index contributed by atoms with van der Waals surface area (Å²) < 4.78 is 0. The number of piperazine rings is 1. The summed E-state index contributed by atoms with van der Waals surface area (Å²) in [6.45, 7) is 3.02. The molecule has 0 radical (unpaired) electrons. The molecule has 0 N–H and O–H groups in total. The van der Waals surface area contributed by atoms with E-state index < -0.39 is 0 Å². The van der Waals surface area contributed by atoms with Gasteiger partial charge in [-0.25, -0.2) is 0 Å². The number of carbonyl (C=O) groups is 1. The number of hydrogen-bond donors (Lipinski definition) is 0. The Labute approximate surface area is 156 Å². The second kappa shape index (κ2) is 7.66. The number of thiophene rings is 1. The van der Waals surface area contributed by atoms with Crippen molar-refractivity contribution in [3.05, 3.63) is 65.5 Å². The molecular weight excluding hydrogens is 344 g/mol. The van der Waals surface area contributed by atoms with E-state index >= 15 is 0 Å². The number of amides is 1. The number of carbonyl (C=O) groups excluding carboxylic acids is 1. The van der Waals surface area contributed by atoms with E-state index in [1.165, 1.54) is 0 Å². The van der Waals surface area contributed by atoms with Gasteiger partial charge in [-0.1, -0.05) is 36.4 Å². The Bertz CT molecular complexity index is 841. The van der Waals surface area contributed by atoms with Gasteiger partial charge in [-0.3, -0.25) is 4.79 Å². The van der Waals surface area contributed by atoms with Crippen LogP contribution in [0.5, 0.6) is 0 Å². The van der Waals surface area contributed by atoms with Crippen LogP contribution >= 0.6 is 11.3 Å². The van der Waals surface area contributed by atoms with Crippen LogP contribution in [0, 0.1) is 0 Å².